The van der Waals surface area contributed by atoms with Crippen molar-refractivity contribution in [2.24, 2.45) is 0 Å². The van der Waals surface area contributed by atoms with Gasteiger partial charge in [-0.1, -0.05) is 29.8 Å². The molecule has 2 heterocycles. The van der Waals surface area contributed by atoms with Gasteiger partial charge in [0.25, 0.3) is 0 Å². The molecular weight excluding hydrogens is 324 g/mol. The van der Waals surface area contributed by atoms with Crippen LogP contribution in [-0.4, -0.2) is 28.9 Å². The highest BCUT2D eigenvalue weighted by molar-refractivity contribution is 5.95. The highest BCUT2D eigenvalue weighted by Gasteiger charge is 2.16. The third-order valence-corrected chi connectivity index (χ3v) is 4.91. The lowest BCUT2D eigenvalue weighted by Gasteiger charge is -2.17. The number of hydrogen-bond donors (Lipinski definition) is 0. The minimum atomic E-state index is -0.357. The fraction of sp³-hybridized carbons (Fsp3) is 0.273. The monoisotopic (exact) mass is 346 g/mol. The number of nitrogens with zero attached hydrogens (tertiary/aromatic N) is 2. The van der Waals surface area contributed by atoms with E-state index in [1.807, 2.05) is 31.2 Å². The molecule has 0 amide bonds. The van der Waals surface area contributed by atoms with Gasteiger partial charge >= 0.3 is 5.97 Å². The predicted octanol–water partition coefficient (Wildman–Crippen LogP) is 4.36. The maximum atomic E-state index is 12.5. The van der Waals surface area contributed by atoms with Gasteiger partial charge < -0.3 is 4.74 Å². The Labute approximate surface area is 153 Å². The van der Waals surface area contributed by atoms with E-state index in [1.54, 1.807) is 18.3 Å². The van der Waals surface area contributed by atoms with E-state index in [2.05, 4.69) is 22.0 Å². The second-order valence-corrected chi connectivity index (χ2v) is 6.86. The van der Waals surface area contributed by atoms with Crippen LogP contribution in [-0.2, 0) is 6.54 Å². The molecule has 1 fully saturated rings. The number of likely N-dealkylation sites (tertiary alicyclic amines) is 1. The first-order chi connectivity index (χ1) is 12.7. The number of aryl methyl sites for hydroxylation is 1. The van der Waals surface area contributed by atoms with Crippen molar-refractivity contribution < 1.29 is 9.53 Å². The number of esters is 1. The zero-order chi connectivity index (χ0) is 17.9. The Kier molecular flexibility index (Phi) is 4.67. The summed E-state index contributed by atoms with van der Waals surface area (Å²) in [6, 6.07) is 15.3. The summed E-state index contributed by atoms with van der Waals surface area (Å²) in [5.41, 5.74) is 3.62. The quantitative estimate of drug-likeness (QED) is 0.520. The molecule has 0 saturated carbocycles. The Hall–Kier alpha value is -2.72. The lowest BCUT2D eigenvalue weighted by molar-refractivity contribution is 0.0736. The standard InChI is InChI=1S/C22H22N2O2/c1-16-6-8-17(9-7-16)22(25)26-20-11-10-18(15-24-13-2-3-14-24)19-5-4-12-23-21(19)20/h4-12H,2-3,13-15H2,1H3. The van der Waals surface area contributed by atoms with E-state index >= 15 is 0 Å². The van der Waals surface area contributed by atoms with E-state index in [1.165, 1.54) is 18.4 Å². The van der Waals surface area contributed by atoms with Crippen LogP contribution < -0.4 is 4.74 Å². The summed E-state index contributed by atoms with van der Waals surface area (Å²) in [6.45, 7) is 5.19. The van der Waals surface area contributed by atoms with E-state index in [4.69, 9.17) is 4.74 Å². The number of carbonyl (C=O) groups excluding carboxylic acids is 1. The maximum Gasteiger partial charge on any atom is 0.343 e. The van der Waals surface area contributed by atoms with Gasteiger partial charge in [0.1, 0.15) is 5.52 Å². The molecule has 2 aromatic carbocycles. The topological polar surface area (TPSA) is 42.4 Å². The zero-order valence-corrected chi connectivity index (χ0v) is 14.9. The van der Waals surface area contributed by atoms with Crippen molar-refractivity contribution in [2.75, 3.05) is 13.1 Å². The Morgan fingerprint density at radius 1 is 1.08 bits per heavy atom. The molecule has 1 aliphatic heterocycles. The third kappa shape index (κ3) is 3.46. The normalized spacial score (nSPS) is 14.7. The van der Waals surface area contributed by atoms with Gasteiger partial charge in [-0.2, -0.15) is 0 Å². The van der Waals surface area contributed by atoms with Gasteiger partial charge in [0, 0.05) is 18.1 Å². The molecule has 1 saturated heterocycles. The third-order valence-electron chi connectivity index (χ3n) is 4.91. The van der Waals surface area contributed by atoms with Crippen molar-refractivity contribution in [2.45, 2.75) is 26.3 Å². The molecule has 4 heteroatoms. The summed E-state index contributed by atoms with van der Waals surface area (Å²) in [6.07, 6.45) is 4.27. The van der Waals surface area contributed by atoms with Crippen LogP contribution in [0.5, 0.6) is 5.75 Å². The first-order valence-corrected chi connectivity index (χ1v) is 9.08. The van der Waals surface area contributed by atoms with Gasteiger partial charge in [0.05, 0.1) is 5.56 Å². The number of rotatable bonds is 4. The molecule has 0 atom stereocenters. The number of carbonyl (C=O) groups is 1. The van der Waals surface area contributed by atoms with Gasteiger partial charge in [-0.15, -0.1) is 0 Å². The van der Waals surface area contributed by atoms with Crippen LogP contribution in [0.25, 0.3) is 10.9 Å². The van der Waals surface area contributed by atoms with Crippen molar-refractivity contribution in [3.8, 4) is 5.75 Å². The highest BCUT2D eigenvalue weighted by Crippen LogP contribution is 2.29. The summed E-state index contributed by atoms with van der Waals surface area (Å²) < 4.78 is 5.66. The lowest BCUT2D eigenvalue weighted by Crippen LogP contribution is -2.18. The van der Waals surface area contributed by atoms with E-state index in [0.29, 0.717) is 11.3 Å². The summed E-state index contributed by atoms with van der Waals surface area (Å²) in [5.74, 6) is 0.153. The Bertz CT molecular complexity index is 929. The molecule has 0 bridgehead atoms. The molecule has 26 heavy (non-hydrogen) atoms. The first kappa shape index (κ1) is 16.7. The molecular formula is C22H22N2O2. The molecule has 0 N–H and O–H groups in total. The molecule has 4 nitrogen and oxygen atoms in total. The number of ether oxygens (including phenoxy) is 1. The van der Waals surface area contributed by atoms with Crippen LogP contribution in [0, 0.1) is 6.92 Å². The average molecular weight is 346 g/mol. The molecule has 0 unspecified atom stereocenters. The summed E-state index contributed by atoms with van der Waals surface area (Å²) in [5, 5.41) is 1.05. The van der Waals surface area contributed by atoms with Crippen molar-refractivity contribution in [1.82, 2.24) is 9.88 Å². The lowest BCUT2D eigenvalue weighted by atomic mass is 10.1. The summed E-state index contributed by atoms with van der Waals surface area (Å²) >= 11 is 0. The van der Waals surface area contributed by atoms with E-state index < -0.39 is 0 Å². The molecule has 132 valence electrons. The Morgan fingerprint density at radius 3 is 2.62 bits per heavy atom. The molecule has 1 aliphatic rings. The minimum Gasteiger partial charge on any atom is -0.421 e. The predicted molar refractivity (Wildman–Crippen MR) is 102 cm³/mol. The number of hydrogen-bond acceptors (Lipinski definition) is 4. The second-order valence-electron chi connectivity index (χ2n) is 6.86. The van der Waals surface area contributed by atoms with Crippen molar-refractivity contribution in [1.29, 1.82) is 0 Å². The van der Waals surface area contributed by atoms with E-state index in [0.717, 1.165) is 36.1 Å². The molecule has 4 rings (SSSR count). The van der Waals surface area contributed by atoms with Gasteiger partial charge in [0.2, 0.25) is 0 Å². The Balaban J connectivity index is 1.63. The molecule has 1 aromatic heterocycles. The van der Waals surface area contributed by atoms with Gasteiger partial charge in [0.15, 0.2) is 5.75 Å². The van der Waals surface area contributed by atoms with Crippen LogP contribution >= 0.6 is 0 Å². The van der Waals surface area contributed by atoms with Gasteiger partial charge in [-0.05, 0) is 62.7 Å². The molecule has 3 aromatic rings. The van der Waals surface area contributed by atoms with Crippen LogP contribution in [0.15, 0.2) is 54.7 Å². The number of benzene rings is 2. The van der Waals surface area contributed by atoms with E-state index in [9.17, 15) is 4.79 Å². The van der Waals surface area contributed by atoms with Crippen molar-refractivity contribution in [3.05, 3.63) is 71.4 Å². The minimum absolute atomic E-state index is 0.357. The number of aromatic nitrogens is 1. The van der Waals surface area contributed by atoms with Crippen LogP contribution in [0.3, 0.4) is 0 Å². The van der Waals surface area contributed by atoms with Crippen molar-refractivity contribution in [3.63, 3.8) is 0 Å². The fourth-order valence-electron chi connectivity index (χ4n) is 3.46. The Morgan fingerprint density at radius 2 is 1.85 bits per heavy atom. The van der Waals surface area contributed by atoms with Crippen LogP contribution in [0.1, 0.15) is 34.3 Å². The number of fused-ring (bicyclic) bond motifs is 1. The second kappa shape index (κ2) is 7.26. The number of pyridine rings is 1. The SMILES string of the molecule is Cc1ccc(C(=O)Oc2ccc(CN3CCCC3)c3cccnc23)cc1. The van der Waals surface area contributed by atoms with Crippen molar-refractivity contribution >= 4 is 16.9 Å². The van der Waals surface area contributed by atoms with Crippen LogP contribution in [0.2, 0.25) is 0 Å². The molecule has 0 spiro atoms. The highest BCUT2D eigenvalue weighted by atomic mass is 16.5. The maximum absolute atomic E-state index is 12.5. The molecule has 0 radical (unpaired) electrons. The summed E-state index contributed by atoms with van der Waals surface area (Å²) in [4.78, 5) is 19.4. The zero-order valence-electron chi connectivity index (χ0n) is 14.9. The van der Waals surface area contributed by atoms with E-state index in [-0.39, 0.29) is 5.97 Å². The molecule has 0 aliphatic carbocycles. The van der Waals surface area contributed by atoms with Gasteiger partial charge in [-0.25, -0.2) is 4.79 Å². The van der Waals surface area contributed by atoms with Gasteiger partial charge in [-0.3, -0.25) is 9.88 Å². The fourth-order valence-corrected chi connectivity index (χ4v) is 3.46. The smallest absolute Gasteiger partial charge is 0.343 e. The summed E-state index contributed by atoms with van der Waals surface area (Å²) in [7, 11) is 0. The average Bonchev–Trinajstić information content (AvgIpc) is 3.17. The largest absolute Gasteiger partial charge is 0.421 e. The van der Waals surface area contributed by atoms with Crippen LogP contribution in [0.4, 0.5) is 0 Å². The first-order valence-electron chi connectivity index (χ1n) is 9.08.